The first-order valence-corrected chi connectivity index (χ1v) is 7.62. The molecule has 1 saturated carbocycles. The van der Waals surface area contributed by atoms with Gasteiger partial charge in [-0.3, -0.25) is 0 Å². The SMILES string of the molecule is Cc1cccc([C@H](C)NCc2ccccc2C2CC2)c1. The first-order chi connectivity index (χ1) is 9.74. The van der Waals surface area contributed by atoms with Crippen LogP contribution in [0, 0.1) is 6.92 Å². The van der Waals surface area contributed by atoms with Crippen LogP contribution in [-0.2, 0) is 6.54 Å². The van der Waals surface area contributed by atoms with Crippen LogP contribution < -0.4 is 5.32 Å². The van der Waals surface area contributed by atoms with Crippen LogP contribution in [0.3, 0.4) is 0 Å². The average molecular weight is 265 g/mol. The lowest BCUT2D eigenvalue weighted by atomic mass is 10.0. The smallest absolute Gasteiger partial charge is 0.0295 e. The summed E-state index contributed by atoms with van der Waals surface area (Å²) in [6.07, 6.45) is 2.73. The second kappa shape index (κ2) is 5.80. The van der Waals surface area contributed by atoms with E-state index >= 15 is 0 Å². The minimum absolute atomic E-state index is 0.391. The molecule has 1 atom stereocenters. The summed E-state index contributed by atoms with van der Waals surface area (Å²) in [5.74, 6) is 0.822. The maximum absolute atomic E-state index is 3.67. The summed E-state index contributed by atoms with van der Waals surface area (Å²) < 4.78 is 0. The molecule has 2 aromatic rings. The van der Waals surface area contributed by atoms with Crippen molar-refractivity contribution in [2.24, 2.45) is 0 Å². The van der Waals surface area contributed by atoms with Crippen LogP contribution in [0.1, 0.15) is 54.0 Å². The Labute approximate surface area is 122 Å². The van der Waals surface area contributed by atoms with Crippen molar-refractivity contribution in [3.63, 3.8) is 0 Å². The fraction of sp³-hybridized carbons (Fsp3) is 0.368. The van der Waals surface area contributed by atoms with E-state index in [9.17, 15) is 0 Å². The van der Waals surface area contributed by atoms with E-state index in [-0.39, 0.29) is 0 Å². The molecular weight excluding hydrogens is 242 g/mol. The third-order valence-corrected chi connectivity index (χ3v) is 4.21. The lowest BCUT2D eigenvalue weighted by Gasteiger charge is -2.16. The van der Waals surface area contributed by atoms with Gasteiger partial charge in [0.1, 0.15) is 0 Å². The monoisotopic (exact) mass is 265 g/mol. The average Bonchev–Trinajstić information content (AvgIpc) is 3.29. The number of hydrogen-bond acceptors (Lipinski definition) is 1. The summed E-state index contributed by atoms with van der Waals surface area (Å²) in [5, 5.41) is 3.67. The highest BCUT2D eigenvalue weighted by atomic mass is 14.9. The first-order valence-electron chi connectivity index (χ1n) is 7.62. The molecule has 0 bridgehead atoms. The summed E-state index contributed by atoms with van der Waals surface area (Å²) in [6.45, 7) is 5.36. The van der Waals surface area contributed by atoms with Crippen molar-refractivity contribution in [2.45, 2.75) is 45.2 Å². The highest BCUT2D eigenvalue weighted by molar-refractivity contribution is 5.33. The molecule has 0 amide bonds. The molecule has 0 unspecified atom stereocenters. The summed E-state index contributed by atoms with van der Waals surface area (Å²) in [7, 11) is 0. The van der Waals surface area contributed by atoms with Gasteiger partial charge in [0.15, 0.2) is 0 Å². The lowest BCUT2D eigenvalue weighted by Crippen LogP contribution is -2.18. The molecule has 0 saturated heterocycles. The van der Waals surface area contributed by atoms with E-state index < -0.39 is 0 Å². The predicted octanol–water partition coefficient (Wildman–Crippen LogP) is 4.72. The normalized spacial score (nSPS) is 16.1. The molecule has 1 aliphatic rings. The molecule has 1 nitrogen and oxygen atoms in total. The molecule has 1 fully saturated rings. The summed E-state index contributed by atoms with van der Waals surface area (Å²) >= 11 is 0. The maximum atomic E-state index is 3.67. The van der Waals surface area contributed by atoms with Crippen molar-refractivity contribution in [3.8, 4) is 0 Å². The van der Waals surface area contributed by atoms with Gasteiger partial charge >= 0.3 is 0 Å². The number of benzene rings is 2. The van der Waals surface area contributed by atoms with E-state index in [1.165, 1.54) is 29.5 Å². The van der Waals surface area contributed by atoms with Crippen LogP contribution in [0.2, 0.25) is 0 Å². The van der Waals surface area contributed by atoms with E-state index in [1.807, 2.05) is 0 Å². The molecule has 0 aliphatic heterocycles. The van der Waals surface area contributed by atoms with Crippen molar-refractivity contribution in [2.75, 3.05) is 0 Å². The standard InChI is InChI=1S/C19H23N/c1-14-6-5-8-17(12-14)15(2)20-13-18-7-3-4-9-19(18)16-10-11-16/h3-9,12,15-16,20H,10-11,13H2,1-2H3/t15-/m0/s1. The molecule has 0 radical (unpaired) electrons. The summed E-state index contributed by atoms with van der Waals surface area (Å²) in [6, 6.07) is 18.0. The van der Waals surface area contributed by atoms with E-state index in [0.29, 0.717) is 6.04 Å². The molecule has 0 spiro atoms. The van der Waals surface area contributed by atoms with Gasteiger partial charge in [0.25, 0.3) is 0 Å². The molecule has 1 heteroatoms. The predicted molar refractivity (Wildman–Crippen MR) is 84.9 cm³/mol. The summed E-state index contributed by atoms with van der Waals surface area (Å²) in [4.78, 5) is 0. The van der Waals surface area contributed by atoms with Crippen molar-refractivity contribution in [1.82, 2.24) is 5.32 Å². The molecular formula is C19H23N. The molecule has 3 rings (SSSR count). The van der Waals surface area contributed by atoms with Gasteiger partial charge in [0.05, 0.1) is 0 Å². The van der Waals surface area contributed by atoms with E-state index in [0.717, 1.165) is 12.5 Å². The minimum Gasteiger partial charge on any atom is -0.306 e. The van der Waals surface area contributed by atoms with Crippen LogP contribution in [0.15, 0.2) is 48.5 Å². The molecule has 20 heavy (non-hydrogen) atoms. The van der Waals surface area contributed by atoms with Crippen molar-refractivity contribution < 1.29 is 0 Å². The molecule has 0 heterocycles. The Morgan fingerprint density at radius 1 is 1.10 bits per heavy atom. The Bertz CT molecular complexity index is 584. The van der Waals surface area contributed by atoms with Gasteiger partial charge in [-0.25, -0.2) is 0 Å². The van der Waals surface area contributed by atoms with Crippen molar-refractivity contribution >= 4 is 0 Å². The highest BCUT2D eigenvalue weighted by Crippen LogP contribution is 2.41. The molecule has 2 aromatic carbocycles. The number of rotatable bonds is 5. The number of hydrogen-bond donors (Lipinski definition) is 1. The third-order valence-electron chi connectivity index (χ3n) is 4.21. The highest BCUT2D eigenvalue weighted by Gasteiger charge is 2.25. The minimum atomic E-state index is 0.391. The summed E-state index contributed by atoms with van der Waals surface area (Å²) in [5.41, 5.74) is 5.72. The van der Waals surface area contributed by atoms with E-state index in [2.05, 4.69) is 67.7 Å². The zero-order valence-corrected chi connectivity index (χ0v) is 12.4. The van der Waals surface area contributed by atoms with Gasteiger partial charge in [0, 0.05) is 12.6 Å². The molecule has 0 aromatic heterocycles. The fourth-order valence-corrected chi connectivity index (χ4v) is 2.81. The van der Waals surface area contributed by atoms with Gasteiger partial charge in [-0.1, -0.05) is 54.1 Å². The van der Waals surface area contributed by atoms with Crippen LogP contribution >= 0.6 is 0 Å². The number of nitrogens with one attached hydrogen (secondary N) is 1. The quantitative estimate of drug-likeness (QED) is 0.824. The van der Waals surface area contributed by atoms with Crippen LogP contribution in [0.25, 0.3) is 0 Å². The number of aryl methyl sites for hydroxylation is 1. The van der Waals surface area contributed by atoms with Gasteiger partial charge in [-0.2, -0.15) is 0 Å². The van der Waals surface area contributed by atoms with Crippen molar-refractivity contribution in [3.05, 3.63) is 70.8 Å². The third kappa shape index (κ3) is 3.10. The van der Waals surface area contributed by atoms with Crippen LogP contribution in [0.5, 0.6) is 0 Å². The zero-order valence-electron chi connectivity index (χ0n) is 12.4. The van der Waals surface area contributed by atoms with Gasteiger partial charge in [0.2, 0.25) is 0 Å². The zero-order chi connectivity index (χ0) is 13.9. The van der Waals surface area contributed by atoms with Crippen LogP contribution in [-0.4, -0.2) is 0 Å². The second-order valence-electron chi connectivity index (χ2n) is 5.99. The van der Waals surface area contributed by atoms with Gasteiger partial charge < -0.3 is 5.32 Å². The Kier molecular flexibility index (Phi) is 3.88. The van der Waals surface area contributed by atoms with Crippen molar-refractivity contribution in [1.29, 1.82) is 0 Å². The fourth-order valence-electron chi connectivity index (χ4n) is 2.81. The molecule has 104 valence electrons. The Morgan fingerprint density at radius 3 is 2.65 bits per heavy atom. The van der Waals surface area contributed by atoms with E-state index in [1.54, 1.807) is 5.56 Å². The molecule has 1 aliphatic carbocycles. The van der Waals surface area contributed by atoms with Gasteiger partial charge in [-0.15, -0.1) is 0 Å². The second-order valence-corrected chi connectivity index (χ2v) is 5.99. The Hall–Kier alpha value is -1.60. The largest absolute Gasteiger partial charge is 0.306 e. The topological polar surface area (TPSA) is 12.0 Å². The van der Waals surface area contributed by atoms with E-state index in [4.69, 9.17) is 0 Å². The van der Waals surface area contributed by atoms with Gasteiger partial charge in [-0.05, 0) is 49.3 Å². The Morgan fingerprint density at radius 2 is 1.90 bits per heavy atom. The first kappa shape index (κ1) is 13.4. The Balaban J connectivity index is 1.67. The molecule has 1 N–H and O–H groups in total. The lowest BCUT2D eigenvalue weighted by molar-refractivity contribution is 0.572. The maximum Gasteiger partial charge on any atom is 0.0295 e. The van der Waals surface area contributed by atoms with Crippen LogP contribution in [0.4, 0.5) is 0 Å².